The van der Waals surface area contributed by atoms with E-state index in [1.165, 1.54) is 34.9 Å². The molecule has 0 fully saturated rings. The molecule has 0 radical (unpaired) electrons. The smallest absolute Gasteiger partial charge is 0.316 e. The van der Waals surface area contributed by atoms with E-state index in [0.717, 1.165) is 19.8 Å². The van der Waals surface area contributed by atoms with Gasteiger partial charge in [-0.1, -0.05) is 23.7 Å². The summed E-state index contributed by atoms with van der Waals surface area (Å²) in [6.45, 7) is -0.285. The van der Waals surface area contributed by atoms with Crippen molar-refractivity contribution in [3.63, 3.8) is 0 Å². The summed E-state index contributed by atoms with van der Waals surface area (Å²) in [5, 5.41) is 2.74. The van der Waals surface area contributed by atoms with E-state index >= 15 is 0 Å². The summed E-state index contributed by atoms with van der Waals surface area (Å²) >= 11 is 10.3. The number of hydrogen-bond acceptors (Lipinski definition) is 6. The largest absolute Gasteiger partial charge is 0.455 e. The van der Waals surface area contributed by atoms with Gasteiger partial charge in [0.15, 0.2) is 6.61 Å². The van der Waals surface area contributed by atoms with Crippen molar-refractivity contribution in [2.45, 2.75) is 10.6 Å². The quantitative estimate of drug-likeness (QED) is 0.520. The number of benzene rings is 1. The summed E-state index contributed by atoms with van der Waals surface area (Å²) in [5.41, 5.74) is 0.718. The summed E-state index contributed by atoms with van der Waals surface area (Å²) in [4.78, 5) is 25.6. The van der Waals surface area contributed by atoms with E-state index in [-0.39, 0.29) is 18.3 Å². The van der Waals surface area contributed by atoms with Crippen LogP contribution < -0.4 is 5.32 Å². The Morgan fingerprint density at radius 2 is 2.04 bits per heavy atom. The van der Waals surface area contributed by atoms with Crippen molar-refractivity contribution in [3.05, 3.63) is 45.6 Å². The third-order valence-corrected chi connectivity index (χ3v) is 6.00. The van der Waals surface area contributed by atoms with Crippen LogP contribution in [0.1, 0.15) is 4.88 Å². The van der Waals surface area contributed by atoms with Gasteiger partial charge in [0, 0.05) is 15.5 Å². The molecule has 0 unspecified atom stereocenters. The number of amides is 1. The zero-order valence-corrected chi connectivity index (χ0v) is 16.1. The molecule has 1 N–H and O–H groups in total. The van der Waals surface area contributed by atoms with Crippen molar-refractivity contribution in [3.8, 4) is 0 Å². The fraction of sp³-hybridized carbons (Fsp3) is 0.250. The fourth-order valence-electron chi connectivity index (χ4n) is 1.79. The van der Waals surface area contributed by atoms with Gasteiger partial charge in [-0.25, -0.2) is 0 Å². The molecule has 4 nitrogen and oxygen atoms in total. The van der Waals surface area contributed by atoms with Gasteiger partial charge in [-0.05, 0) is 30.5 Å². The van der Waals surface area contributed by atoms with Gasteiger partial charge in [-0.3, -0.25) is 9.59 Å². The van der Waals surface area contributed by atoms with Crippen molar-refractivity contribution in [2.75, 3.05) is 23.9 Å². The Kier molecular flexibility index (Phi) is 7.98. The Morgan fingerprint density at radius 1 is 1.25 bits per heavy atom. The molecule has 0 bridgehead atoms. The van der Waals surface area contributed by atoms with Gasteiger partial charge in [0.2, 0.25) is 0 Å². The summed E-state index contributed by atoms with van der Waals surface area (Å²) in [6.07, 6.45) is 1.93. The number of thiophene rings is 1. The molecule has 128 valence electrons. The molecule has 0 saturated heterocycles. The molecule has 1 aromatic carbocycles. The lowest BCUT2D eigenvalue weighted by atomic mass is 10.3. The highest BCUT2D eigenvalue weighted by atomic mass is 35.5. The maximum atomic E-state index is 11.9. The summed E-state index contributed by atoms with van der Waals surface area (Å²) in [7, 11) is 0. The third kappa shape index (κ3) is 6.39. The minimum absolute atomic E-state index is 0.199. The van der Waals surface area contributed by atoms with E-state index in [9.17, 15) is 9.59 Å². The van der Waals surface area contributed by atoms with E-state index in [2.05, 4.69) is 5.32 Å². The second kappa shape index (κ2) is 9.98. The van der Waals surface area contributed by atoms with Crippen molar-refractivity contribution >= 4 is 64.0 Å². The predicted octanol–water partition coefficient (Wildman–Crippen LogP) is 4.54. The minimum atomic E-state index is -0.407. The molecule has 0 saturated carbocycles. The second-order valence-corrected chi connectivity index (χ2v) is 8.24. The van der Waals surface area contributed by atoms with E-state index in [1.54, 1.807) is 0 Å². The molecular weight excluding hydrogens is 386 g/mol. The normalized spacial score (nSPS) is 10.4. The van der Waals surface area contributed by atoms with Crippen molar-refractivity contribution in [2.24, 2.45) is 0 Å². The highest BCUT2D eigenvalue weighted by Gasteiger charge is 2.10. The average molecular weight is 402 g/mol. The Bertz CT molecular complexity index is 705. The molecule has 24 heavy (non-hydrogen) atoms. The van der Waals surface area contributed by atoms with Crippen molar-refractivity contribution in [1.29, 1.82) is 0 Å². The molecule has 0 spiro atoms. The molecule has 0 aliphatic heterocycles. The molecule has 1 aromatic heterocycles. The lowest BCUT2D eigenvalue weighted by molar-refractivity contribution is -0.144. The standard InChI is InChI=1S/C16H16ClNO3S3/c1-22-13-5-3-2-4-12(13)18-15(19)8-21-16(20)10-23-9-11-6-7-14(17)24-11/h2-7H,8-10H2,1H3,(H,18,19). The van der Waals surface area contributed by atoms with Crippen LogP contribution in [-0.4, -0.2) is 30.5 Å². The van der Waals surface area contributed by atoms with Gasteiger partial charge in [-0.15, -0.1) is 34.9 Å². The molecule has 2 aromatic rings. The number of para-hydroxylation sites is 1. The zero-order chi connectivity index (χ0) is 17.4. The van der Waals surface area contributed by atoms with Gasteiger partial charge in [0.05, 0.1) is 15.8 Å². The van der Waals surface area contributed by atoms with E-state index in [1.807, 2.05) is 42.7 Å². The number of esters is 1. The number of halogens is 1. The Balaban J connectivity index is 1.68. The Labute approximate surface area is 158 Å². The molecule has 0 aliphatic carbocycles. The van der Waals surface area contributed by atoms with Gasteiger partial charge < -0.3 is 10.1 Å². The molecular formula is C16H16ClNO3S3. The van der Waals surface area contributed by atoms with Crippen LogP contribution in [0.2, 0.25) is 4.34 Å². The maximum Gasteiger partial charge on any atom is 0.316 e. The molecule has 1 heterocycles. The number of carbonyl (C=O) groups is 2. The molecule has 1 amide bonds. The highest BCUT2D eigenvalue weighted by Crippen LogP contribution is 2.25. The van der Waals surface area contributed by atoms with E-state index in [0.29, 0.717) is 5.75 Å². The number of ether oxygens (including phenoxy) is 1. The first-order chi connectivity index (χ1) is 11.6. The first kappa shape index (κ1) is 19.2. The first-order valence-electron chi connectivity index (χ1n) is 6.99. The van der Waals surface area contributed by atoms with Crippen LogP contribution in [0.25, 0.3) is 0 Å². The van der Waals surface area contributed by atoms with Crippen LogP contribution >= 0.6 is 46.5 Å². The third-order valence-electron chi connectivity index (χ3n) is 2.84. The number of rotatable bonds is 8. The van der Waals surface area contributed by atoms with Crippen LogP contribution in [0.5, 0.6) is 0 Å². The second-order valence-electron chi connectivity index (χ2n) is 4.61. The maximum absolute atomic E-state index is 11.9. The molecule has 8 heteroatoms. The number of nitrogens with one attached hydrogen (secondary N) is 1. The van der Waals surface area contributed by atoms with Crippen molar-refractivity contribution < 1.29 is 14.3 Å². The number of anilines is 1. The monoisotopic (exact) mass is 401 g/mol. The van der Waals surface area contributed by atoms with Crippen molar-refractivity contribution in [1.82, 2.24) is 0 Å². The average Bonchev–Trinajstić information content (AvgIpc) is 2.99. The Hall–Kier alpha value is -1.15. The lowest BCUT2D eigenvalue weighted by Gasteiger charge is -2.09. The van der Waals surface area contributed by atoms with Crippen LogP contribution in [0.4, 0.5) is 5.69 Å². The topological polar surface area (TPSA) is 55.4 Å². The van der Waals surface area contributed by atoms with Gasteiger partial charge in [0.25, 0.3) is 5.91 Å². The van der Waals surface area contributed by atoms with Crippen LogP contribution in [-0.2, 0) is 20.1 Å². The lowest BCUT2D eigenvalue weighted by Crippen LogP contribution is -2.21. The summed E-state index contributed by atoms with van der Waals surface area (Å²) in [5.74, 6) is 0.139. The molecule has 0 aliphatic rings. The van der Waals surface area contributed by atoms with Gasteiger partial charge >= 0.3 is 5.97 Å². The van der Waals surface area contributed by atoms with Gasteiger partial charge in [0.1, 0.15) is 0 Å². The van der Waals surface area contributed by atoms with Crippen LogP contribution in [0.3, 0.4) is 0 Å². The summed E-state index contributed by atoms with van der Waals surface area (Å²) < 4.78 is 5.72. The number of carbonyl (C=O) groups excluding carboxylic acids is 2. The molecule has 0 atom stereocenters. The molecule has 2 rings (SSSR count). The number of thioether (sulfide) groups is 2. The van der Waals surface area contributed by atoms with Crippen LogP contribution in [0.15, 0.2) is 41.3 Å². The van der Waals surface area contributed by atoms with Gasteiger partial charge in [-0.2, -0.15) is 0 Å². The highest BCUT2D eigenvalue weighted by molar-refractivity contribution is 7.99. The number of hydrogen-bond donors (Lipinski definition) is 1. The van der Waals surface area contributed by atoms with E-state index < -0.39 is 5.97 Å². The van der Waals surface area contributed by atoms with Crippen LogP contribution in [0, 0.1) is 0 Å². The summed E-state index contributed by atoms with van der Waals surface area (Å²) in [6, 6.07) is 11.2. The fourth-order valence-corrected chi connectivity index (χ4v) is 4.36. The predicted molar refractivity (Wildman–Crippen MR) is 103 cm³/mol. The zero-order valence-electron chi connectivity index (χ0n) is 12.9. The SMILES string of the molecule is CSc1ccccc1NC(=O)COC(=O)CSCc1ccc(Cl)s1. The Morgan fingerprint density at radius 3 is 2.75 bits per heavy atom. The minimum Gasteiger partial charge on any atom is -0.455 e. The first-order valence-corrected chi connectivity index (χ1v) is 10.6. The van der Waals surface area contributed by atoms with E-state index in [4.69, 9.17) is 16.3 Å².